The lowest BCUT2D eigenvalue weighted by Crippen LogP contribution is -2.16. The number of aryl methyl sites for hydroxylation is 2. The number of hydrogen-bond acceptors (Lipinski definition) is 7. The minimum absolute atomic E-state index is 0.129. The third kappa shape index (κ3) is 3.86. The smallest absolute Gasteiger partial charge is 0.341 e. The maximum absolute atomic E-state index is 12.8. The van der Waals surface area contributed by atoms with Crippen LogP contribution in [0.1, 0.15) is 33.3 Å². The van der Waals surface area contributed by atoms with E-state index in [1.165, 1.54) is 19.1 Å². The first-order valence-electron chi connectivity index (χ1n) is 7.63. The Morgan fingerprint density at radius 3 is 2.54 bits per heavy atom. The molecule has 2 aromatic rings. The van der Waals surface area contributed by atoms with Crippen molar-refractivity contribution in [1.82, 2.24) is 0 Å². The van der Waals surface area contributed by atoms with Gasteiger partial charge >= 0.3 is 5.97 Å². The average Bonchev–Trinajstić information content (AvgIpc) is 2.81. The number of nitro groups is 1. The molecule has 0 unspecified atom stereocenters. The van der Waals surface area contributed by atoms with Crippen LogP contribution in [-0.4, -0.2) is 25.9 Å². The van der Waals surface area contributed by atoms with Crippen molar-refractivity contribution in [3.8, 4) is 0 Å². The highest BCUT2D eigenvalue weighted by Gasteiger charge is 2.26. The number of benzene rings is 1. The van der Waals surface area contributed by atoms with Crippen molar-refractivity contribution in [2.24, 2.45) is 0 Å². The molecule has 0 atom stereocenters. The second kappa shape index (κ2) is 7.42. The largest absolute Gasteiger partial charge is 0.462 e. The van der Waals surface area contributed by atoms with E-state index in [9.17, 15) is 23.3 Å². The summed E-state index contributed by atoms with van der Waals surface area (Å²) in [5.74, 6) is -0.622. The van der Waals surface area contributed by atoms with E-state index in [-0.39, 0.29) is 27.8 Å². The van der Waals surface area contributed by atoms with E-state index in [0.29, 0.717) is 11.1 Å². The number of nitrogens with one attached hydrogen (secondary N) is 1. The van der Waals surface area contributed by atoms with Gasteiger partial charge in [0.2, 0.25) is 0 Å². The molecule has 0 bridgehead atoms. The molecule has 1 heterocycles. The summed E-state index contributed by atoms with van der Waals surface area (Å²) in [5.41, 5.74) is 0.800. The predicted octanol–water partition coefficient (Wildman–Crippen LogP) is 3.56. The number of nitro benzene ring substituents is 1. The van der Waals surface area contributed by atoms with Gasteiger partial charge in [-0.05, 0) is 38.8 Å². The van der Waals surface area contributed by atoms with Gasteiger partial charge in [0.25, 0.3) is 15.7 Å². The minimum atomic E-state index is -4.13. The van der Waals surface area contributed by atoms with Crippen molar-refractivity contribution in [2.75, 3.05) is 11.3 Å². The Bertz CT molecular complexity index is 979. The lowest BCUT2D eigenvalue weighted by atomic mass is 10.2. The van der Waals surface area contributed by atoms with Crippen molar-refractivity contribution in [3.63, 3.8) is 0 Å². The molecule has 140 valence electrons. The Hall–Kier alpha value is -2.46. The van der Waals surface area contributed by atoms with Gasteiger partial charge in [0.15, 0.2) is 0 Å². The van der Waals surface area contributed by atoms with Crippen molar-refractivity contribution in [2.45, 2.75) is 32.6 Å². The number of sulfonamides is 1. The first-order chi connectivity index (χ1) is 12.1. The van der Waals surface area contributed by atoms with Gasteiger partial charge in [-0.15, -0.1) is 11.3 Å². The lowest BCUT2D eigenvalue weighted by molar-refractivity contribution is -0.385. The fourth-order valence-electron chi connectivity index (χ4n) is 2.32. The summed E-state index contributed by atoms with van der Waals surface area (Å²) >= 11 is 1.11. The van der Waals surface area contributed by atoms with Crippen molar-refractivity contribution in [3.05, 3.63) is 49.9 Å². The van der Waals surface area contributed by atoms with Crippen LogP contribution in [0.5, 0.6) is 0 Å². The maximum Gasteiger partial charge on any atom is 0.341 e. The van der Waals surface area contributed by atoms with Crippen LogP contribution in [0.25, 0.3) is 0 Å². The van der Waals surface area contributed by atoms with E-state index in [0.717, 1.165) is 22.3 Å². The fourth-order valence-corrected chi connectivity index (χ4v) is 4.94. The first-order valence-corrected chi connectivity index (χ1v) is 9.93. The number of nitrogens with zero attached hydrogens (tertiary/aromatic N) is 1. The van der Waals surface area contributed by atoms with Gasteiger partial charge < -0.3 is 4.74 Å². The summed E-state index contributed by atoms with van der Waals surface area (Å²) in [7, 11) is -4.13. The highest BCUT2D eigenvalue weighted by atomic mass is 32.2. The standard InChI is InChI=1S/C16H18N2O6S2/c1-5-24-16(19)14-10(3)11(4)25-15(14)17-26(22,23)13-8-12(18(20)21)7-6-9(13)2/h6-8,17H,5H2,1-4H3. The highest BCUT2D eigenvalue weighted by molar-refractivity contribution is 7.93. The van der Waals surface area contributed by atoms with Gasteiger partial charge in [-0.25, -0.2) is 13.2 Å². The predicted molar refractivity (Wildman–Crippen MR) is 98.4 cm³/mol. The van der Waals surface area contributed by atoms with Gasteiger partial charge in [0, 0.05) is 17.0 Å². The molecule has 0 saturated carbocycles. The SMILES string of the molecule is CCOC(=O)c1c(NS(=O)(=O)c2cc([N+](=O)[O-])ccc2C)sc(C)c1C. The Balaban J connectivity index is 2.52. The molecule has 0 radical (unpaired) electrons. The van der Waals surface area contributed by atoms with Crippen LogP contribution in [0, 0.1) is 30.9 Å². The average molecular weight is 398 g/mol. The molecule has 0 spiro atoms. The Labute approximate surface area is 155 Å². The summed E-state index contributed by atoms with van der Waals surface area (Å²) < 4.78 is 32.9. The summed E-state index contributed by atoms with van der Waals surface area (Å²) in [6, 6.07) is 3.59. The van der Waals surface area contributed by atoms with E-state index in [1.807, 2.05) is 0 Å². The van der Waals surface area contributed by atoms with Crippen molar-refractivity contribution >= 4 is 38.0 Å². The third-order valence-electron chi connectivity index (χ3n) is 3.76. The number of ether oxygens (including phenoxy) is 1. The summed E-state index contributed by atoms with van der Waals surface area (Å²) in [6.45, 7) is 6.81. The maximum atomic E-state index is 12.8. The first kappa shape index (κ1) is 19.9. The molecule has 10 heteroatoms. The van der Waals surface area contributed by atoms with Crippen LogP contribution < -0.4 is 4.72 Å². The van der Waals surface area contributed by atoms with Gasteiger partial charge in [0.05, 0.1) is 22.0 Å². The Kier molecular flexibility index (Phi) is 5.67. The Morgan fingerprint density at radius 2 is 1.96 bits per heavy atom. The minimum Gasteiger partial charge on any atom is -0.462 e. The van der Waals surface area contributed by atoms with Crippen LogP contribution in [0.2, 0.25) is 0 Å². The van der Waals surface area contributed by atoms with Crippen molar-refractivity contribution < 1.29 is 22.9 Å². The van der Waals surface area contributed by atoms with Crippen LogP contribution in [0.4, 0.5) is 10.7 Å². The van der Waals surface area contributed by atoms with E-state index in [2.05, 4.69) is 4.72 Å². The quantitative estimate of drug-likeness (QED) is 0.452. The normalized spacial score (nSPS) is 11.2. The number of carbonyl (C=O) groups excluding carboxylic acids is 1. The molecule has 0 saturated heterocycles. The zero-order valence-corrected chi connectivity index (χ0v) is 16.3. The number of esters is 1. The molecule has 0 fully saturated rings. The highest BCUT2D eigenvalue weighted by Crippen LogP contribution is 2.35. The molecule has 26 heavy (non-hydrogen) atoms. The van der Waals surface area contributed by atoms with E-state index < -0.39 is 20.9 Å². The monoisotopic (exact) mass is 398 g/mol. The van der Waals surface area contributed by atoms with E-state index in [1.54, 1.807) is 20.8 Å². The molecule has 2 rings (SSSR count). The van der Waals surface area contributed by atoms with Gasteiger partial charge in [-0.2, -0.15) is 0 Å². The Morgan fingerprint density at radius 1 is 1.31 bits per heavy atom. The topological polar surface area (TPSA) is 116 Å². The van der Waals surface area contributed by atoms with Crippen LogP contribution in [0.15, 0.2) is 23.1 Å². The number of thiophene rings is 1. The number of carbonyl (C=O) groups is 1. The van der Waals surface area contributed by atoms with E-state index in [4.69, 9.17) is 4.74 Å². The summed E-state index contributed by atoms with van der Waals surface area (Å²) in [4.78, 5) is 23.0. The zero-order chi connectivity index (χ0) is 19.6. The van der Waals surface area contributed by atoms with Crippen LogP contribution >= 0.6 is 11.3 Å². The number of hydrogen-bond donors (Lipinski definition) is 1. The molecule has 0 aliphatic rings. The number of anilines is 1. The summed E-state index contributed by atoms with van der Waals surface area (Å²) in [6.07, 6.45) is 0. The second-order valence-corrected chi connectivity index (χ2v) is 8.40. The lowest BCUT2D eigenvalue weighted by Gasteiger charge is -2.11. The molecular formula is C16H18N2O6S2. The number of non-ortho nitro benzene ring substituents is 1. The molecule has 0 aliphatic carbocycles. The third-order valence-corrected chi connectivity index (χ3v) is 6.51. The molecule has 1 aromatic heterocycles. The van der Waals surface area contributed by atoms with Gasteiger partial charge in [0.1, 0.15) is 5.00 Å². The second-order valence-electron chi connectivity index (χ2n) is 5.52. The van der Waals surface area contributed by atoms with Crippen molar-refractivity contribution in [1.29, 1.82) is 0 Å². The molecule has 8 nitrogen and oxygen atoms in total. The van der Waals surface area contributed by atoms with Crippen LogP contribution in [0.3, 0.4) is 0 Å². The molecule has 1 aromatic carbocycles. The van der Waals surface area contributed by atoms with E-state index >= 15 is 0 Å². The molecule has 0 amide bonds. The summed E-state index contributed by atoms with van der Waals surface area (Å²) in [5, 5.41) is 11.1. The molecule has 0 aliphatic heterocycles. The number of rotatable bonds is 6. The van der Waals surface area contributed by atoms with Gasteiger partial charge in [-0.1, -0.05) is 6.07 Å². The fraction of sp³-hybridized carbons (Fsp3) is 0.312. The van der Waals surface area contributed by atoms with Gasteiger partial charge in [-0.3, -0.25) is 14.8 Å². The molecular weight excluding hydrogens is 380 g/mol. The zero-order valence-electron chi connectivity index (χ0n) is 14.7. The van der Waals surface area contributed by atoms with Crippen LogP contribution in [-0.2, 0) is 14.8 Å². The molecule has 1 N–H and O–H groups in total.